The number of hydrogen-bond acceptors (Lipinski definition) is 5. The Kier molecular flexibility index (Phi) is 3.80. The molecule has 6 heteroatoms. The zero-order valence-corrected chi connectivity index (χ0v) is 13.4. The van der Waals surface area contributed by atoms with Crippen molar-refractivity contribution < 1.29 is 4.79 Å². The van der Waals surface area contributed by atoms with Gasteiger partial charge in [0.25, 0.3) is 5.91 Å². The minimum absolute atomic E-state index is 0.00732. The van der Waals surface area contributed by atoms with E-state index in [0.29, 0.717) is 0 Å². The van der Waals surface area contributed by atoms with Crippen LogP contribution in [0.5, 0.6) is 0 Å². The van der Waals surface area contributed by atoms with Gasteiger partial charge in [0.1, 0.15) is 12.5 Å². The number of amides is 1. The van der Waals surface area contributed by atoms with Crippen LogP contribution in [0.1, 0.15) is 24.8 Å². The maximum absolute atomic E-state index is 12.5. The molecule has 3 N–H and O–H groups in total. The van der Waals surface area contributed by atoms with Crippen molar-refractivity contribution >= 4 is 11.6 Å². The lowest BCUT2D eigenvalue weighted by Gasteiger charge is -2.40. The fourth-order valence-electron chi connectivity index (χ4n) is 3.53. The standard InChI is InChI=1S/C17H23N5O/c1-12-7-3-4-8-14(12)22-11-13-15(20-22)18-17(19-16(13)23)21-9-5-2-6-10-21/h3-4,7-8,11,15,17-18,20H,2,5-6,9-10H2,1H3,(H,19,23). The Bertz CT molecular complexity index is 638. The van der Waals surface area contributed by atoms with E-state index in [9.17, 15) is 4.79 Å². The topological polar surface area (TPSA) is 59.6 Å². The number of piperidine rings is 1. The Balaban J connectivity index is 1.52. The van der Waals surface area contributed by atoms with E-state index >= 15 is 0 Å². The quantitative estimate of drug-likeness (QED) is 0.761. The lowest BCUT2D eigenvalue weighted by atomic mass is 10.1. The smallest absolute Gasteiger partial charge is 0.254 e. The number of nitrogens with zero attached hydrogens (tertiary/aromatic N) is 2. The van der Waals surface area contributed by atoms with Gasteiger partial charge in [-0.3, -0.25) is 20.0 Å². The highest BCUT2D eigenvalue weighted by Gasteiger charge is 2.38. The largest absolute Gasteiger partial charge is 0.324 e. The van der Waals surface area contributed by atoms with Crippen LogP contribution in [0.2, 0.25) is 0 Å². The second-order valence-corrected chi connectivity index (χ2v) is 6.44. The first-order valence-corrected chi connectivity index (χ1v) is 8.36. The Morgan fingerprint density at radius 2 is 1.91 bits per heavy atom. The minimum atomic E-state index is -0.143. The van der Waals surface area contributed by atoms with Crippen molar-refractivity contribution in [2.75, 3.05) is 18.1 Å². The maximum Gasteiger partial charge on any atom is 0.254 e. The molecular formula is C17H23N5O. The number of hydrogen-bond donors (Lipinski definition) is 3. The lowest BCUT2D eigenvalue weighted by molar-refractivity contribution is -0.122. The highest BCUT2D eigenvalue weighted by Crippen LogP contribution is 2.25. The van der Waals surface area contributed by atoms with E-state index in [1.807, 2.05) is 23.3 Å². The van der Waals surface area contributed by atoms with Gasteiger partial charge in [-0.05, 0) is 31.4 Å². The Morgan fingerprint density at radius 1 is 1.13 bits per heavy atom. The van der Waals surface area contributed by atoms with Crippen LogP contribution in [0.3, 0.4) is 0 Å². The molecule has 6 nitrogen and oxygen atoms in total. The van der Waals surface area contributed by atoms with Crippen molar-refractivity contribution in [2.45, 2.75) is 38.6 Å². The van der Waals surface area contributed by atoms with Gasteiger partial charge in [-0.2, -0.15) is 0 Å². The first kappa shape index (κ1) is 14.7. The van der Waals surface area contributed by atoms with Gasteiger partial charge < -0.3 is 5.32 Å². The van der Waals surface area contributed by atoms with Crippen molar-refractivity contribution in [1.82, 2.24) is 21.0 Å². The van der Waals surface area contributed by atoms with E-state index in [-0.39, 0.29) is 18.4 Å². The first-order valence-electron chi connectivity index (χ1n) is 8.36. The van der Waals surface area contributed by atoms with Crippen LogP contribution < -0.4 is 21.1 Å². The molecule has 0 aliphatic carbocycles. The number of hydrazine groups is 1. The number of aryl methyl sites for hydroxylation is 1. The number of anilines is 1. The Morgan fingerprint density at radius 3 is 2.70 bits per heavy atom. The summed E-state index contributed by atoms with van der Waals surface area (Å²) in [6.07, 6.45) is 5.34. The van der Waals surface area contributed by atoms with Gasteiger partial charge >= 0.3 is 0 Å². The third-order valence-electron chi connectivity index (χ3n) is 4.83. The van der Waals surface area contributed by atoms with Crippen molar-refractivity contribution in [3.63, 3.8) is 0 Å². The van der Waals surface area contributed by atoms with E-state index in [1.165, 1.54) is 24.8 Å². The molecule has 2 atom stereocenters. The lowest BCUT2D eigenvalue weighted by Crippen LogP contribution is -2.67. The van der Waals surface area contributed by atoms with Gasteiger partial charge in [0.2, 0.25) is 0 Å². The summed E-state index contributed by atoms with van der Waals surface area (Å²) in [7, 11) is 0. The molecule has 3 aliphatic rings. The van der Waals surface area contributed by atoms with Crippen LogP contribution in [-0.2, 0) is 4.79 Å². The van der Waals surface area contributed by atoms with Gasteiger partial charge in [-0.1, -0.05) is 24.6 Å². The number of rotatable bonds is 2. The monoisotopic (exact) mass is 313 g/mol. The van der Waals surface area contributed by atoms with E-state index in [2.05, 4.69) is 40.0 Å². The van der Waals surface area contributed by atoms with Crippen LogP contribution in [0, 0.1) is 6.92 Å². The van der Waals surface area contributed by atoms with E-state index < -0.39 is 0 Å². The van der Waals surface area contributed by atoms with Gasteiger partial charge in [0, 0.05) is 19.3 Å². The van der Waals surface area contributed by atoms with Gasteiger partial charge in [0.15, 0.2) is 0 Å². The summed E-state index contributed by atoms with van der Waals surface area (Å²) < 4.78 is 0. The highest BCUT2D eigenvalue weighted by atomic mass is 16.2. The molecule has 0 spiro atoms. The number of fused-ring (bicyclic) bond motifs is 1. The summed E-state index contributed by atoms with van der Waals surface area (Å²) in [5.41, 5.74) is 6.37. The van der Waals surface area contributed by atoms with Crippen LogP contribution in [-0.4, -0.2) is 36.4 Å². The van der Waals surface area contributed by atoms with Gasteiger partial charge in [-0.15, -0.1) is 0 Å². The molecule has 1 aromatic rings. The number of benzene rings is 1. The predicted octanol–water partition coefficient (Wildman–Crippen LogP) is 1.02. The van der Waals surface area contributed by atoms with Crippen LogP contribution in [0.15, 0.2) is 36.0 Å². The van der Waals surface area contributed by atoms with E-state index in [1.54, 1.807) is 0 Å². The van der Waals surface area contributed by atoms with Crippen LogP contribution in [0.25, 0.3) is 0 Å². The molecule has 3 aliphatic heterocycles. The summed E-state index contributed by atoms with van der Waals surface area (Å²) in [6, 6.07) is 8.15. The average molecular weight is 313 g/mol. The molecule has 122 valence electrons. The molecule has 0 saturated carbocycles. The number of carbonyl (C=O) groups is 1. The van der Waals surface area contributed by atoms with Gasteiger partial charge in [-0.25, -0.2) is 5.43 Å². The number of likely N-dealkylation sites (tertiary alicyclic amines) is 1. The van der Waals surface area contributed by atoms with Crippen molar-refractivity contribution in [1.29, 1.82) is 0 Å². The summed E-state index contributed by atoms with van der Waals surface area (Å²) in [4.78, 5) is 14.8. The number of nitrogens with one attached hydrogen (secondary N) is 3. The molecule has 4 rings (SSSR count). The van der Waals surface area contributed by atoms with Crippen molar-refractivity contribution in [3.8, 4) is 0 Å². The molecular weight excluding hydrogens is 290 g/mol. The summed E-state index contributed by atoms with van der Waals surface area (Å²) in [5, 5.41) is 8.54. The normalized spacial score (nSPS) is 28.3. The fourth-order valence-corrected chi connectivity index (χ4v) is 3.53. The van der Waals surface area contributed by atoms with E-state index in [4.69, 9.17) is 0 Å². The summed E-state index contributed by atoms with van der Waals surface area (Å²) in [5.74, 6) is 0.00732. The average Bonchev–Trinajstić information content (AvgIpc) is 3.00. The van der Waals surface area contributed by atoms with E-state index in [0.717, 1.165) is 24.4 Å². The minimum Gasteiger partial charge on any atom is -0.324 e. The molecule has 2 saturated heterocycles. The van der Waals surface area contributed by atoms with Gasteiger partial charge in [0.05, 0.1) is 11.3 Å². The Labute approximate surface area is 136 Å². The molecule has 23 heavy (non-hydrogen) atoms. The second kappa shape index (κ2) is 5.96. The third kappa shape index (κ3) is 2.73. The molecule has 0 bridgehead atoms. The van der Waals surface area contributed by atoms with Crippen LogP contribution >= 0.6 is 0 Å². The number of carbonyl (C=O) groups excluding carboxylic acids is 1. The molecule has 0 radical (unpaired) electrons. The zero-order chi connectivity index (χ0) is 15.8. The molecule has 3 heterocycles. The van der Waals surface area contributed by atoms with Crippen molar-refractivity contribution in [3.05, 3.63) is 41.6 Å². The summed E-state index contributed by atoms with van der Waals surface area (Å²) in [6.45, 7) is 4.14. The summed E-state index contributed by atoms with van der Waals surface area (Å²) >= 11 is 0. The predicted molar refractivity (Wildman–Crippen MR) is 89.2 cm³/mol. The maximum atomic E-state index is 12.5. The highest BCUT2D eigenvalue weighted by molar-refractivity contribution is 5.96. The molecule has 1 amide bonds. The van der Waals surface area contributed by atoms with Crippen LogP contribution in [0.4, 0.5) is 5.69 Å². The zero-order valence-electron chi connectivity index (χ0n) is 13.4. The third-order valence-corrected chi connectivity index (χ3v) is 4.83. The van der Waals surface area contributed by atoms with Crippen molar-refractivity contribution in [2.24, 2.45) is 0 Å². The molecule has 0 aromatic heterocycles. The first-order chi connectivity index (χ1) is 11.2. The molecule has 2 fully saturated rings. The number of para-hydroxylation sites is 1. The SMILES string of the molecule is Cc1ccccc1N1C=C2C(=O)NC(N3CCCCC3)NC2N1. The Hall–Kier alpha value is -1.89. The fraction of sp³-hybridized carbons (Fsp3) is 0.471. The molecule has 1 aromatic carbocycles. The molecule has 2 unspecified atom stereocenters. The second-order valence-electron chi connectivity index (χ2n) is 6.44.